The van der Waals surface area contributed by atoms with Gasteiger partial charge in [0.25, 0.3) is 0 Å². The van der Waals surface area contributed by atoms with Crippen LogP contribution in [0, 0.1) is 5.92 Å². The van der Waals surface area contributed by atoms with Crippen LogP contribution in [0.5, 0.6) is 0 Å². The molecule has 0 spiro atoms. The van der Waals surface area contributed by atoms with Crippen molar-refractivity contribution in [1.29, 1.82) is 0 Å². The largest absolute Gasteiger partial charge is 0.315 e. The van der Waals surface area contributed by atoms with Gasteiger partial charge in [0.05, 0.1) is 0 Å². The summed E-state index contributed by atoms with van der Waals surface area (Å²) in [6, 6.07) is 11.0. The van der Waals surface area contributed by atoms with Gasteiger partial charge in [0.2, 0.25) is 0 Å². The van der Waals surface area contributed by atoms with Crippen molar-refractivity contribution in [2.45, 2.75) is 39.0 Å². The fourth-order valence-corrected chi connectivity index (χ4v) is 3.03. The van der Waals surface area contributed by atoms with Gasteiger partial charge < -0.3 is 10.2 Å². The molecule has 112 valence electrons. The summed E-state index contributed by atoms with van der Waals surface area (Å²) in [5.41, 5.74) is 1.51. The zero-order valence-corrected chi connectivity index (χ0v) is 13.1. The zero-order valence-electron chi connectivity index (χ0n) is 13.1. The quantitative estimate of drug-likeness (QED) is 0.730. The van der Waals surface area contributed by atoms with Gasteiger partial charge in [0.1, 0.15) is 0 Å². The molecular formula is C18H30N2. The molecule has 2 rings (SSSR count). The Balaban J connectivity index is 1.57. The smallest absolute Gasteiger partial charge is 0.0107 e. The zero-order chi connectivity index (χ0) is 14.2. The lowest BCUT2D eigenvalue weighted by molar-refractivity contribution is 0.330. The Morgan fingerprint density at radius 2 is 2.00 bits per heavy atom. The van der Waals surface area contributed by atoms with E-state index in [1.807, 2.05) is 0 Å². The fourth-order valence-electron chi connectivity index (χ4n) is 3.03. The highest BCUT2D eigenvalue weighted by Crippen LogP contribution is 2.26. The highest BCUT2D eigenvalue weighted by molar-refractivity contribution is 5.20. The molecule has 1 fully saturated rings. The Labute approximate surface area is 124 Å². The number of nitrogens with one attached hydrogen (secondary N) is 1. The van der Waals surface area contributed by atoms with Crippen LogP contribution in [0.4, 0.5) is 0 Å². The molecule has 1 N–H and O–H groups in total. The average molecular weight is 274 g/mol. The summed E-state index contributed by atoms with van der Waals surface area (Å²) in [6.45, 7) is 10.6. The molecule has 1 atom stereocenters. The predicted octanol–water partition coefficient (Wildman–Crippen LogP) is 3.50. The molecule has 0 aromatic heterocycles. The number of nitrogens with zero attached hydrogens (tertiary/aromatic N) is 1. The third kappa shape index (κ3) is 5.26. The first-order valence-corrected chi connectivity index (χ1v) is 8.23. The summed E-state index contributed by atoms with van der Waals surface area (Å²) in [5.74, 6) is 1.58. The van der Waals surface area contributed by atoms with Crippen LogP contribution in [0.15, 0.2) is 30.3 Å². The Kier molecular flexibility index (Phi) is 6.55. The minimum Gasteiger partial charge on any atom is -0.315 e. The second-order valence-corrected chi connectivity index (χ2v) is 6.48. The number of benzene rings is 1. The first-order chi connectivity index (χ1) is 9.75. The summed E-state index contributed by atoms with van der Waals surface area (Å²) < 4.78 is 0. The molecule has 1 saturated heterocycles. The summed E-state index contributed by atoms with van der Waals surface area (Å²) in [7, 11) is 0. The molecule has 1 aromatic carbocycles. The molecule has 0 saturated carbocycles. The van der Waals surface area contributed by atoms with E-state index < -0.39 is 0 Å². The second kappa shape index (κ2) is 8.43. The molecule has 0 amide bonds. The van der Waals surface area contributed by atoms with Gasteiger partial charge >= 0.3 is 0 Å². The van der Waals surface area contributed by atoms with Gasteiger partial charge in [-0.05, 0) is 49.8 Å². The van der Waals surface area contributed by atoms with Gasteiger partial charge in [-0.25, -0.2) is 0 Å². The first kappa shape index (κ1) is 15.5. The molecule has 1 aliphatic rings. The van der Waals surface area contributed by atoms with Crippen LogP contribution in [-0.2, 0) is 0 Å². The van der Waals surface area contributed by atoms with Gasteiger partial charge in [0, 0.05) is 19.6 Å². The maximum Gasteiger partial charge on any atom is 0.0107 e. The van der Waals surface area contributed by atoms with E-state index in [0.717, 1.165) is 18.4 Å². The lowest BCUT2D eigenvalue weighted by atomic mass is 9.99. The maximum absolute atomic E-state index is 3.58. The predicted molar refractivity (Wildman–Crippen MR) is 87.2 cm³/mol. The van der Waals surface area contributed by atoms with Crippen LogP contribution in [-0.4, -0.2) is 37.6 Å². The van der Waals surface area contributed by atoms with Crippen molar-refractivity contribution < 1.29 is 0 Å². The molecule has 0 radical (unpaired) electrons. The Hall–Kier alpha value is -0.860. The van der Waals surface area contributed by atoms with E-state index in [1.54, 1.807) is 0 Å². The lowest BCUT2D eigenvalue weighted by Gasteiger charge is -2.16. The Bertz CT molecular complexity index is 361. The van der Waals surface area contributed by atoms with Crippen molar-refractivity contribution >= 4 is 0 Å². The molecule has 20 heavy (non-hydrogen) atoms. The minimum atomic E-state index is 0.747. The summed E-state index contributed by atoms with van der Waals surface area (Å²) >= 11 is 0. The van der Waals surface area contributed by atoms with Gasteiger partial charge in [-0.15, -0.1) is 0 Å². The number of hydrogen-bond acceptors (Lipinski definition) is 2. The van der Waals surface area contributed by atoms with E-state index in [9.17, 15) is 0 Å². The SMILES string of the molecule is CC(C)CCCNCCN1CCC(c2ccccc2)C1. The maximum atomic E-state index is 3.58. The molecule has 1 unspecified atom stereocenters. The molecule has 0 bridgehead atoms. The highest BCUT2D eigenvalue weighted by Gasteiger charge is 2.22. The number of likely N-dealkylation sites (tertiary alicyclic amines) is 1. The molecule has 2 heteroatoms. The van der Waals surface area contributed by atoms with E-state index in [-0.39, 0.29) is 0 Å². The van der Waals surface area contributed by atoms with E-state index in [1.165, 1.54) is 51.0 Å². The molecule has 1 aromatic rings. The van der Waals surface area contributed by atoms with Gasteiger partial charge in [0.15, 0.2) is 0 Å². The van der Waals surface area contributed by atoms with Crippen molar-refractivity contribution in [2.24, 2.45) is 5.92 Å². The van der Waals surface area contributed by atoms with Crippen LogP contribution in [0.1, 0.15) is 44.6 Å². The standard InChI is InChI=1S/C18H30N2/c1-16(2)7-6-11-19-12-14-20-13-10-18(15-20)17-8-4-3-5-9-17/h3-5,8-9,16,18-19H,6-7,10-15H2,1-2H3. The van der Waals surface area contributed by atoms with Crippen molar-refractivity contribution in [2.75, 3.05) is 32.7 Å². The van der Waals surface area contributed by atoms with Crippen molar-refractivity contribution in [3.63, 3.8) is 0 Å². The van der Waals surface area contributed by atoms with Crippen molar-refractivity contribution in [3.05, 3.63) is 35.9 Å². The van der Waals surface area contributed by atoms with Crippen LogP contribution < -0.4 is 5.32 Å². The summed E-state index contributed by atoms with van der Waals surface area (Å²) in [5, 5.41) is 3.58. The lowest BCUT2D eigenvalue weighted by Crippen LogP contribution is -2.31. The number of hydrogen-bond donors (Lipinski definition) is 1. The van der Waals surface area contributed by atoms with Crippen LogP contribution in [0.3, 0.4) is 0 Å². The van der Waals surface area contributed by atoms with E-state index >= 15 is 0 Å². The Morgan fingerprint density at radius 3 is 2.75 bits per heavy atom. The molecule has 1 aliphatic heterocycles. The first-order valence-electron chi connectivity index (χ1n) is 8.23. The normalized spacial score (nSPS) is 19.9. The molecule has 0 aliphatic carbocycles. The topological polar surface area (TPSA) is 15.3 Å². The third-order valence-electron chi connectivity index (χ3n) is 4.28. The summed E-state index contributed by atoms with van der Waals surface area (Å²) in [4.78, 5) is 2.60. The third-order valence-corrected chi connectivity index (χ3v) is 4.28. The Morgan fingerprint density at radius 1 is 1.20 bits per heavy atom. The molecule has 2 nitrogen and oxygen atoms in total. The van der Waals surface area contributed by atoms with Gasteiger partial charge in [-0.3, -0.25) is 0 Å². The van der Waals surface area contributed by atoms with E-state index in [0.29, 0.717) is 0 Å². The van der Waals surface area contributed by atoms with Gasteiger partial charge in [-0.1, -0.05) is 44.2 Å². The van der Waals surface area contributed by atoms with E-state index in [4.69, 9.17) is 0 Å². The monoisotopic (exact) mass is 274 g/mol. The minimum absolute atomic E-state index is 0.747. The van der Waals surface area contributed by atoms with E-state index in [2.05, 4.69) is 54.4 Å². The molecular weight excluding hydrogens is 244 g/mol. The molecule has 1 heterocycles. The summed E-state index contributed by atoms with van der Waals surface area (Å²) in [6.07, 6.45) is 3.97. The highest BCUT2D eigenvalue weighted by atomic mass is 15.2. The van der Waals surface area contributed by atoms with Crippen LogP contribution >= 0.6 is 0 Å². The van der Waals surface area contributed by atoms with Crippen LogP contribution in [0.2, 0.25) is 0 Å². The fraction of sp³-hybridized carbons (Fsp3) is 0.667. The van der Waals surface area contributed by atoms with Crippen molar-refractivity contribution in [1.82, 2.24) is 10.2 Å². The van der Waals surface area contributed by atoms with Gasteiger partial charge in [-0.2, -0.15) is 0 Å². The average Bonchev–Trinajstić information content (AvgIpc) is 2.92. The van der Waals surface area contributed by atoms with Crippen LogP contribution in [0.25, 0.3) is 0 Å². The number of rotatable bonds is 8. The van der Waals surface area contributed by atoms with Crippen molar-refractivity contribution in [3.8, 4) is 0 Å². The second-order valence-electron chi connectivity index (χ2n) is 6.48.